The van der Waals surface area contributed by atoms with Crippen molar-refractivity contribution in [1.29, 1.82) is 0 Å². The van der Waals surface area contributed by atoms with Crippen molar-refractivity contribution >= 4 is 29.2 Å². The molecule has 7 heteroatoms. The van der Waals surface area contributed by atoms with Crippen LogP contribution in [0.3, 0.4) is 0 Å². The molecule has 5 nitrogen and oxygen atoms in total. The Morgan fingerprint density at radius 1 is 1.37 bits per heavy atom. The van der Waals surface area contributed by atoms with E-state index >= 15 is 0 Å². The van der Waals surface area contributed by atoms with Crippen LogP contribution in [-0.2, 0) is 4.74 Å². The van der Waals surface area contributed by atoms with Crippen molar-refractivity contribution in [1.82, 2.24) is 9.78 Å². The SMILES string of the molecule is CCOC(=O)c1cc(=O)[nH]n1-c1ccc(Cl)cc1Cl. The average molecular weight is 301 g/mol. The standard InChI is InChI=1S/C12H10Cl2N2O3/c1-2-19-12(18)10-6-11(17)15-16(10)9-4-3-7(13)5-8(9)14/h3-6H,2H2,1H3,(H,15,17). The number of carbonyl (C=O) groups excluding carboxylic acids is 1. The number of esters is 1. The third kappa shape index (κ3) is 2.83. The van der Waals surface area contributed by atoms with Crippen molar-refractivity contribution in [3.05, 3.63) is 50.4 Å². The summed E-state index contributed by atoms with van der Waals surface area (Å²) in [6, 6.07) is 5.88. The lowest BCUT2D eigenvalue weighted by Crippen LogP contribution is -2.12. The minimum absolute atomic E-state index is 0.0797. The summed E-state index contributed by atoms with van der Waals surface area (Å²) < 4.78 is 6.16. The van der Waals surface area contributed by atoms with Gasteiger partial charge in [0.15, 0.2) is 5.69 Å². The first-order valence-electron chi connectivity index (χ1n) is 5.47. The smallest absolute Gasteiger partial charge is 0.357 e. The van der Waals surface area contributed by atoms with Crippen molar-refractivity contribution in [2.24, 2.45) is 0 Å². The van der Waals surface area contributed by atoms with E-state index < -0.39 is 11.5 Å². The third-order valence-electron chi connectivity index (χ3n) is 2.37. The Balaban J connectivity index is 2.56. The first-order chi connectivity index (χ1) is 9.02. The molecule has 0 bridgehead atoms. The predicted octanol–water partition coefficient (Wildman–Crippen LogP) is 2.65. The van der Waals surface area contributed by atoms with Gasteiger partial charge in [-0.3, -0.25) is 9.89 Å². The number of halogens is 2. The quantitative estimate of drug-likeness (QED) is 0.886. The Kier molecular flexibility index (Phi) is 3.97. The zero-order chi connectivity index (χ0) is 14.0. The molecule has 1 heterocycles. The van der Waals surface area contributed by atoms with Gasteiger partial charge in [-0.25, -0.2) is 9.48 Å². The zero-order valence-corrected chi connectivity index (χ0v) is 11.5. The number of nitrogens with one attached hydrogen (secondary N) is 1. The molecular weight excluding hydrogens is 291 g/mol. The lowest BCUT2D eigenvalue weighted by Gasteiger charge is -2.09. The van der Waals surface area contributed by atoms with Crippen molar-refractivity contribution in [2.45, 2.75) is 6.92 Å². The number of H-pyrrole nitrogens is 1. The summed E-state index contributed by atoms with van der Waals surface area (Å²) in [5.41, 5.74) is 0.0985. The van der Waals surface area contributed by atoms with Crippen molar-refractivity contribution in [2.75, 3.05) is 6.61 Å². The molecule has 0 aliphatic heterocycles. The molecule has 2 rings (SSSR count). The second-order valence-corrected chi connectivity index (χ2v) is 4.50. The Bertz CT molecular complexity index is 676. The summed E-state index contributed by atoms with van der Waals surface area (Å²) in [5, 5.41) is 3.26. The van der Waals surface area contributed by atoms with Crippen LogP contribution in [0.25, 0.3) is 5.69 Å². The number of hydrogen-bond acceptors (Lipinski definition) is 3. The van der Waals surface area contributed by atoms with E-state index in [0.29, 0.717) is 15.7 Å². The highest BCUT2D eigenvalue weighted by atomic mass is 35.5. The van der Waals surface area contributed by atoms with Gasteiger partial charge >= 0.3 is 5.97 Å². The Labute approximate surface area is 118 Å². The molecule has 0 saturated heterocycles. The molecule has 0 aliphatic carbocycles. The maximum Gasteiger partial charge on any atom is 0.357 e. The van der Waals surface area contributed by atoms with Crippen LogP contribution in [0, 0.1) is 0 Å². The van der Waals surface area contributed by atoms with Crippen LogP contribution in [0.4, 0.5) is 0 Å². The first-order valence-corrected chi connectivity index (χ1v) is 6.23. The van der Waals surface area contributed by atoms with Crippen molar-refractivity contribution in [3.63, 3.8) is 0 Å². The van der Waals surface area contributed by atoms with Crippen LogP contribution in [0.15, 0.2) is 29.1 Å². The molecule has 1 aromatic heterocycles. The van der Waals surface area contributed by atoms with E-state index in [1.807, 2.05) is 0 Å². The van der Waals surface area contributed by atoms with Gasteiger partial charge in [-0.2, -0.15) is 0 Å². The van der Waals surface area contributed by atoms with Crippen molar-refractivity contribution < 1.29 is 9.53 Å². The molecule has 0 saturated carbocycles. The van der Waals surface area contributed by atoms with E-state index in [0.717, 1.165) is 6.07 Å². The zero-order valence-electron chi connectivity index (χ0n) is 9.94. The summed E-state index contributed by atoms with van der Waals surface area (Å²) in [6.45, 7) is 1.90. The summed E-state index contributed by atoms with van der Waals surface area (Å²) in [4.78, 5) is 23.2. The Hall–Kier alpha value is -1.72. The minimum atomic E-state index is -0.605. The number of aromatic amines is 1. The van der Waals surface area contributed by atoms with Gasteiger partial charge in [0.05, 0.1) is 17.3 Å². The fraction of sp³-hybridized carbons (Fsp3) is 0.167. The van der Waals surface area contributed by atoms with Gasteiger partial charge in [-0.05, 0) is 25.1 Å². The number of rotatable bonds is 3. The average Bonchev–Trinajstić information content (AvgIpc) is 2.71. The number of carbonyl (C=O) groups is 1. The number of nitrogens with zero attached hydrogens (tertiary/aromatic N) is 1. The van der Waals surface area contributed by atoms with E-state index in [1.165, 1.54) is 10.7 Å². The van der Waals surface area contributed by atoms with Gasteiger partial charge in [0.2, 0.25) is 0 Å². The summed E-state index contributed by atoms with van der Waals surface area (Å²) in [7, 11) is 0. The van der Waals surface area contributed by atoms with Crippen molar-refractivity contribution in [3.8, 4) is 5.69 Å². The van der Waals surface area contributed by atoms with Gasteiger partial charge in [0.1, 0.15) is 0 Å². The molecule has 0 atom stereocenters. The van der Waals surface area contributed by atoms with E-state index in [2.05, 4.69) is 5.10 Å². The molecule has 100 valence electrons. The van der Waals surface area contributed by atoms with Gasteiger partial charge in [-0.15, -0.1) is 0 Å². The lowest BCUT2D eigenvalue weighted by molar-refractivity contribution is 0.0516. The second kappa shape index (κ2) is 5.50. The van der Waals surface area contributed by atoms with Crippen LogP contribution in [0.1, 0.15) is 17.4 Å². The second-order valence-electron chi connectivity index (χ2n) is 3.66. The number of aromatic nitrogens is 2. The summed E-state index contributed by atoms with van der Waals surface area (Å²) in [6.07, 6.45) is 0. The van der Waals surface area contributed by atoms with E-state index in [-0.39, 0.29) is 12.3 Å². The molecule has 1 N–H and O–H groups in total. The summed E-state index contributed by atoms with van der Waals surface area (Å²) in [5.74, 6) is -0.605. The van der Waals surface area contributed by atoms with Crippen LogP contribution in [0.2, 0.25) is 10.0 Å². The van der Waals surface area contributed by atoms with Gasteiger partial charge in [0.25, 0.3) is 5.56 Å². The van der Waals surface area contributed by atoms with Crippen LogP contribution >= 0.6 is 23.2 Å². The van der Waals surface area contributed by atoms with Crippen LogP contribution in [-0.4, -0.2) is 22.4 Å². The maximum absolute atomic E-state index is 11.8. The van der Waals surface area contributed by atoms with E-state index in [4.69, 9.17) is 27.9 Å². The monoisotopic (exact) mass is 300 g/mol. The topological polar surface area (TPSA) is 64.1 Å². The molecule has 19 heavy (non-hydrogen) atoms. The Morgan fingerprint density at radius 3 is 2.74 bits per heavy atom. The molecule has 0 radical (unpaired) electrons. The molecule has 0 aliphatic rings. The number of hydrogen-bond donors (Lipinski definition) is 1. The minimum Gasteiger partial charge on any atom is -0.461 e. The van der Waals surface area contributed by atoms with Gasteiger partial charge in [-0.1, -0.05) is 23.2 Å². The lowest BCUT2D eigenvalue weighted by atomic mass is 10.3. The highest BCUT2D eigenvalue weighted by Gasteiger charge is 2.17. The fourth-order valence-electron chi connectivity index (χ4n) is 1.60. The predicted molar refractivity (Wildman–Crippen MR) is 72.4 cm³/mol. The molecule has 2 aromatic rings. The molecule has 0 unspecified atom stereocenters. The highest BCUT2D eigenvalue weighted by molar-refractivity contribution is 6.35. The molecule has 0 spiro atoms. The maximum atomic E-state index is 11.8. The van der Waals surface area contributed by atoms with E-state index in [1.54, 1.807) is 19.1 Å². The Morgan fingerprint density at radius 2 is 2.11 bits per heavy atom. The largest absolute Gasteiger partial charge is 0.461 e. The number of ether oxygens (including phenoxy) is 1. The van der Waals surface area contributed by atoms with E-state index in [9.17, 15) is 9.59 Å². The highest BCUT2D eigenvalue weighted by Crippen LogP contribution is 2.24. The molecule has 1 aromatic carbocycles. The third-order valence-corrected chi connectivity index (χ3v) is 2.90. The molecule has 0 fully saturated rings. The van der Waals surface area contributed by atoms with Crippen LogP contribution in [0.5, 0.6) is 0 Å². The number of benzene rings is 1. The van der Waals surface area contributed by atoms with Gasteiger partial charge < -0.3 is 4.74 Å². The normalized spacial score (nSPS) is 10.5. The van der Waals surface area contributed by atoms with Gasteiger partial charge in [0, 0.05) is 11.1 Å². The molecule has 0 amide bonds. The fourth-order valence-corrected chi connectivity index (χ4v) is 2.09. The molecular formula is C12H10Cl2N2O3. The summed E-state index contributed by atoms with van der Waals surface area (Å²) >= 11 is 11.9. The first kappa shape index (κ1) is 13.7. The van der Waals surface area contributed by atoms with Crippen LogP contribution < -0.4 is 5.56 Å².